The minimum Gasteiger partial charge on any atom is -0.338 e. The number of hydrogen-bond acceptors (Lipinski definition) is 3. The highest BCUT2D eigenvalue weighted by molar-refractivity contribution is 5.94. The second kappa shape index (κ2) is 6.24. The summed E-state index contributed by atoms with van der Waals surface area (Å²) in [6.07, 6.45) is 5.96. The summed E-state index contributed by atoms with van der Waals surface area (Å²) in [5, 5.41) is 0. The molecule has 22 heavy (non-hydrogen) atoms. The molecule has 1 atom stereocenters. The van der Waals surface area contributed by atoms with Gasteiger partial charge in [0.05, 0.1) is 0 Å². The molecule has 5 heteroatoms. The molecule has 1 unspecified atom stereocenters. The molecule has 1 saturated heterocycles. The standard InChI is InChI=1S/C17H25N3O2/c1-11(18)12-6-8-20(9-7-12)17(22)14-10-13-4-2-3-5-15(13)19-16(14)21/h10-12H,2-9,18H2,1H3,(H,19,21). The van der Waals surface area contributed by atoms with Gasteiger partial charge in [-0.3, -0.25) is 9.59 Å². The van der Waals surface area contributed by atoms with Crippen LogP contribution in [0.4, 0.5) is 0 Å². The fraction of sp³-hybridized carbons (Fsp3) is 0.647. The Bertz CT molecular complexity index is 613. The first-order valence-corrected chi connectivity index (χ1v) is 8.36. The van der Waals surface area contributed by atoms with E-state index in [1.807, 2.05) is 13.0 Å². The Hall–Kier alpha value is -1.62. The van der Waals surface area contributed by atoms with E-state index in [9.17, 15) is 9.59 Å². The van der Waals surface area contributed by atoms with Crippen molar-refractivity contribution in [3.8, 4) is 0 Å². The van der Waals surface area contributed by atoms with Crippen molar-refractivity contribution in [2.75, 3.05) is 13.1 Å². The van der Waals surface area contributed by atoms with E-state index < -0.39 is 0 Å². The number of H-pyrrole nitrogens is 1. The molecule has 1 aromatic heterocycles. The fourth-order valence-electron chi connectivity index (χ4n) is 3.63. The molecule has 3 N–H and O–H groups in total. The predicted molar refractivity (Wildman–Crippen MR) is 86.0 cm³/mol. The van der Waals surface area contributed by atoms with Crippen molar-refractivity contribution in [2.45, 2.75) is 51.5 Å². The van der Waals surface area contributed by atoms with Crippen molar-refractivity contribution < 1.29 is 4.79 Å². The average molecular weight is 303 g/mol. The number of aromatic nitrogens is 1. The number of nitrogens with zero attached hydrogens (tertiary/aromatic N) is 1. The third-order valence-corrected chi connectivity index (χ3v) is 5.14. The van der Waals surface area contributed by atoms with E-state index in [0.29, 0.717) is 24.6 Å². The zero-order valence-corrected chi connectivity index (χ0v) is 13.2. The Morgan fingerprint density at radius 3 is 2.68 bits per heavy atom. The summed E-state index contributed by atoms with van der Waals surface area (Å²) in [4.78, 5) is 29.6. The van der Waals surface area contributed by atoms with Gasteiger partial charge in [0.2, 0.25) is 0 Å². The van der Waals surface area contributed by atoms with E-state index >= 15 is 0 Å². The third-order valence-electron chi connectivity index (χ3n) is 5.14. The van der Waals surface area contributed by atoms with Crippen LogP contribution >= 0.6 is 0 Å². The van der Waals surface area contributed by atoms with E-state index in [1.165, 1.54) is 0 Å². The maximum atomic E-state index is 12.7. The van der Waals surface area contributed by atoms with Gasteiger partial charge in [0.25, 0.3) is 11.5 Å². The van der Waals surface area contributed by atoms with Gasteiger partial charge in [0, 0.05) is 24.8 Å². The Kier molecular flexibility index (Phi) is 4.34. The highest BCUT2D eigenvalue weighted by Crippen LogP contribution is 2.22. The molecule has 1 aliphatic heterocycles. The summed E-state index contributed by atoms with van der Waals surface area (Å²) in [6, 6.07) is 2.00. The molecular formula is C17H25N3O2. The number of amides is 1. The Morgan fingerprint density at radius 2 is 2.00 bits per heavy atom. The topological polar surface area (TPSA) is 79.2 Å². The van der Waals surface area contributed by atoms with E-state index in [2.05, 4.69) is 4.98 Å². The largest absolute Gasteiger partial charge is 0.338 e. The van der Waals surface area contributed by atoms with Crippen LogP contribution < -0.4 is 11.3 Å². The van der Waals surface area contributed by atoms with Crippen LogP contribution in [0.1, 0.15) is 54.2 Å². The molecule has 1 amide bonds. The summed E-state index contributed by atoms with van der Waals surface area (Å²) in [5.41, 5.74) is 8.17. The Balaban J connectivity index is 1.77. The van der Waals surface area contributed by atoms with Crippen LogP contribution in [0.3, 0.4) is 0 Å². The van der Waals surface area contributed by atoms with E-state index in [0.717, 1.165) is 49.8 Å². The first-order valence-electron chi connectivity index (χ1n) is 8.36. The molecule has 1 aromatic rings. The van der Waals surface area contributed by atoms with E-state index in [1.54, 1.807) is 4.90 Å². The normalized spacial score (nSPS) is 20.5. The number of carbonyl (C=O) groups is 1. The van der Waals surface area contributed by atoms with Crippen molar-refractivity contribution in [3.63, 3.8) is 0 Å². The smallest absolute Gasteiger partial charge is 0.261 e. The van der Waals surface area contributed by atoms with E-state index in [4.69, 9.17) is 5.73 Å². The van der Waals surface area contributed by atoms with Crippen LogP contribution in [-0.2, 0) is 12.8 Å². The molecule has 0 radical (unpaired) electrons. The van der Waals surface area contributed by atoms with Crippen molar-refractivity contribution in [2.24, 2.45) is 11.7 Å². The lowest BCUT2D eigenvalue weighted by molar-refractivity contribution is 0.0679. The number of carbonyl (C=O) groups excluding carboxylic acids is 1. The maximum absolute atomic E-state index is 12.7. The minimum atomic E-state index is -0.236. The molecule has 2 heterocycles. The van der Waals surface area contributed by atoms with Crippen LogP contribution in [0.5, 0.6) is 0 Å². The molecule has 1 fully saturated rings. The number of pyridine rings is 1. The van der Waals surface area contributed by atoms with E-state index in [-0.39, 0.29) is 17.5 Å². The lowest BCUT2D eigenvalue weighted by Gasteiger charge is -2.33. The zero-order valence-electron chi connectivity index (χ0n) is 13.2. The van der Waals surface area contributed by atoms with Gasteiger partial charge in [-0.15, -0.1) is 0 Å². The van der Waals surface area contributed by atoms with Gasteiger partial charge < -0.3 is 15.6 Å². The molecule has 0 saturated carbocycles. The van der Waals surface area contributed by atoms with Gasteiger partial charge in [-0.2, -0.15) is 0 Å². The van der Waals surface area contributed by atoms with Crippen LogP contribution in [0, 0.1) is 5.92 Å². The molecule has 0 spiro atoms. The number of fused-ring (bicyclic) bond motifs is 1. The molecule has 3 rings (SSSR count). The molecule has 5 nitrogen and oxygen atoms in total. The number of hydrogen-bond donors (Lipinski definition) is 2. The quantitative estimate of drug-likeness (QED) is 0.868. The lowest BCUT2D eigenvalue weighted by Crippen LogP contribution is -2.44. The zero-order chi connectivity index (χ0) is 15.7. The van der Waals surface area contributed by atoms with Crippen LogP contribution in [0.2, 0.25) is 0 Å². The number of rotatable bonds is 2. The minimum absolute atomic E-state index is 0.127. The number of nitrogens with one attached hydrogen (secondary N) is 1. The van der Waals surface area contributed by atoms with Crippen molar-refractivity contribution in [1.82, 2.24) is 9.88 Å². The van der Waals surface area contributed by atoms with Gasteiger partial charge in [-0.25, -0.2) is 0 Å². The molecular weight excluding hydrogens is 278 g/mol. The summed E-state index contributed by atoms with van der Waals surface area (Å²) in [6.45, 7) is 3.42. The lowest BCUT2D eigenvalue weighted by atomic mass is 9.90. The summed E-state index contributed by atoms with van der Waals surface area (Å²) >= 11 is 0. The molecule has 0 aromatic carbocycles. The maximum Gasteiger partial charge on any atom is 0.261 e. The van der Waals surface area contributed by atoms with Gasteiger partial charge in [0.15, 0.2) is 0 Å². The van der Waals surface area contributed by atoms with Crippen molar-refractivity contribution in [1.29, 1.82) is 0 Å². The van der Waals surface area contributed by atoms with Crippen LogP contribution in [-0.4, -0.2) is 34.9 Å². The molecule has 2 aliphatic rings. The summed E-state index contributed by atoms with van der Waals surface area (Å²) in [5.74, 6) is 0.351. The van der Waals surface area contributed by atoms with Gasteiger partial charge in [-0.05, 0) is 63.0 Å². The number of nitrogens with two attached hydrogens (primary N) is 1. The first kappa shape index (κ1) is 15.3. The van der Waals surface area contributed by atoms with Crippen molar-refractivity contribution in [3.05, 3.63) is 33.2 Å². The van der Waals surface area contributed by atoms with Gasteiger partial charge in [0.1, 0.15) is 5.56 Å². The predicted octanol–water partition coefficient (Wildman–Crippen LogP) is 1.45. The molecule has 1 aliphatic carbocycles. The van der Waals surface area contributed by atoms with Gasteiger partial charge >= 0.3 is 0 Å². The Morgan fingerprint density at radius 1 is 1.32 bits per heavy atom. The molecule has 0 bridgehead atoms. The highest BCUT2D eigenvalue weighted by Gasteiger charge is 2.27. The first-order chi connectivity index (χ1) is 10.6. The summed E-state index contributed by atoms with van der Waals surface area (Å²) in [7, 11) is 0. The second-order valence-electron chi connectivity index (χ2n) is 6.71. The average Bonchev–Trinajstić information content (AvgIpc) is 2.53. The highest BCUT2D eigenvalue weighted by atomic mass is 16.2. The molecule has 120 valence electrons. The SMILES string of the molecule is CC(N)C1CCN(C(=O)c2cc3c([nH]c2=O)CCCC3)CC1. The number of likely N-dealkylation sites (tertiary alicyclic amines) is 1. The number of piperidine rings is 1. The monoisotopic (exact) mass is 303 g/mol. The van der Waals surface area contributed by atoms with Gasteiger partial charge in [-0.1, -0.05) is 0 Å². The van der Waals surface area contributed by atoms with Crippen LogP contribution in [0.15, 0.2) is 10.9 Å². The second-order valence-corrected chi connectivity index (χ2v) is 6.71. The Labute approximate surface area is 130 Å². The fourth-order valence-corrected chi connectivity index (χ4v) is 3.63. The third kappa shape index (κ3) is 2.95. The number of aryl methyl sites for hydroxylation is 2. The number of aromatic amines is 1. The van der Waals surface area contributed by atoms with Crippen LogP contribution in [0.25, 0.3) is 0 Å². The summed E-state index contributed by atoms with van der Waals surface area (Å²) < 4.78 is 0. The van der Waals surface area contributed by atoms with Crippen molar-refractivity contribution >= 4 is 5.91 Å².